The van der Waals surface area contributed by atoms with Crippen LogP contribution in [0, 0.1) is 17.6 Å². The van der Waals surface area contributed by atoms with Gasteiger partial charge in [-0.2, -0.15) is 0 Å². The lowest BCUT2D eigenvalue weighted by Gasteiger charge is -2.48. The number of ether oxygens (including phenoxy) is 1. The number of hydrogen-bond acceptors (Lipinski definition) is 5. The van der Waals surface area contributed by atoms with Gasteiger partial charge in [-0.15, -0.1) is 0 Å². The minimum Gasteiger partial charge on any atom is -0.481 e. The molecule has 0 aliphatic carbocycles. The Hall–Kier alpha value is -3.66. The van der Waals surface area contributed by atoms with Gasteiger partial charge in [0, 0.05) is 5.69 Å². The van der Waals surface area contributed by atoms with Crippen LogP contribution in [0.4, 0.5) is 14.5 Å². The molecule has 216 valence electrons. The van der Waals surface area contributed by atoms with Crippen LogP contribution in [0.5, 0.6) is 0 Å². The highest BCUT2D eigenvalue weighted by molar-refractivity contribution is 6.03. The lowest BCUT2D eigenvalue weighted by molar-refractivity contribution is -0.146. The van der Waals surface area contributed by atoms with Gasteiger partial charge in [0.15, 0.2) is 0 Å². The van der Waals surface area contributed by atoms with Crippen LogP contribution in [-0.4, -0.2) is 47.4 Å². The van der Waals surface area contributed by atoms with Crippen molar-refractivity contribution in [1.29, 1.82) is 0 Å². The molecule has 5 rings (SSSR count). The predicted octanol–water partition coefficient (Wildman–Crippen LogP) is 4.95. The minimum atomic E-state index is -0.844. The molecule has 2 saturated heterocycles. The quantitative estimate of drug-likeness (QED) is 0.201. The third-order valence-corrected chi connectivity index (χ3v) is 8.03. The molecular formula is C32H34F2N2O5. The molecule has 9 heteroatoms. The molecule has 3 aromatic rings. The molecule has 3 aromatic carbocycles. The summed E-state index contributed by atoms with van der Waals surface area (Å²) in [6.45, 7) is 1.48. The zero-order valence-electron chi connectivity index (χ0n) is 22.6. The van der Waals surface area contributed by atoms with Gasteiger partial charge in [-0.05, 0) is 85.3 Å². The Balaban J connectivity index is 1.23. The van der Waals surface area contributed by atoms with E-state index in [-0.39, 0.29) is 35.9 Å². The van der Waals surface area contributed by atoms with E-state index in [0.717, 1.165) is 24.0 Å². The molecule has 2 aliphatic heterocycles. The normalized spacial score (nSPS) is 20.3. The fourth-order valence-electron chi connectivity index (χ4n) is 5.72. The van der Waals surface area contributed by atoms with Gasteiger partial charge in [-0.1, -0.05) is 36.4 Å². The van der Waals surface area contributed by atoms with Crippen LogP contribution in [0.25, 0.3) is 0 Å². The Morgan fingerprint density at radius 3 is 2.22 bits per heavy atom. The Morgan fingerprint density at radius 1 is 1.00 bits per heavy atom. The number of carboxylic acids is 1. The molecule has 2 fully saturated rings. The number of aliphatic carboxylic acids is 1. The summed E-state index contributed by atoms with van der Waals surface area (Å²) in [6, 6.07) is 19.4. The van der Waals surface area contributed by atoms with Crippen LogP contribution in [0.2, 0.25) is 0 Å². The number of amides is 1. The van der Waals surface area contributed by atoms with Crippen LogP contribution in [0.3, 0.4) is 0 Å². The smallest absolute Gasteiger partial charge is 0.305 e. The summed E-state index contributed by atoms with van der Waals surface area (Å²) in [7, 11) is 0. The van der Waals surface area contributed by atoms with Crippen molar-refractivity contribution in [2.45, 2.75) is 49.8 Å². The molecule has 0 saturated carbocycles. The number of nitrogens with zero attached hydrogens (tertiary/aromatic N) is 1. The highest BCUT2D eigenvalue weighted by Crippen LogP contribution is 2.46. The molecule has 41 heavy (non-hydrogen) atoms. The van der Waals surface area contributed by atoms with E-state index >= 15 is 0 Å². The van der Waals surface area contributed by atoms with Crippen molar-refractivity contribution in [3.8, 4) is 0 Å². The second kappa shape index (κ2) is 12.5. The molecule has 3 atom stereocenters. The van der Waals surface area contributed by atoms with Crippen molar-refractivity contribution in [2.24, 2.45) is 5.92 Å². The second-order valence-electron chi connectivity index (χ2n) is 11.0. The number of hydrogen-bond donors (Lipinski definition) is 3. The molecule has 3 N–H and O–H groups in total. The van der Waals surface area contributed by atoms with Crippen molar-refractivity contribution in [3.63, 3.8) is 0 Å². The largest absolute Gasteiger partial charge is 0.481 e. The van der Waals surface area contributed by atoms with E-state index in [9.17, 15) is 23.5 Å². The first kappa shape index (κ1) is 28.9. The highest BCUT2D eigenvalue weighted by Gasteiger charge is 2.48. The van der Waals surface area contributed by atoms with Gasteiger partial charge in [0.25, 0.3) is 0 Å². The first-order chi connectivity index (χ1) is 19.7. The van der Waals surface area contributed by atoms with Gasteiger partial charge < -0.3 is 25.2 Å². The molecule has 0 aromatic heterocycles. The molecule has 2 aliphatic rings. The van der Waals surface area contributed by atoms with Crippen molar-refractivity contribution in [2.75, 3.05) is 24.7 Å². The van der Waals surface area contributed by atoms with Gasteiger partial charge >= 0.3 is 5.97 Å². The lowest BCUT2D eigenvalue weighted by atomic mass is 9.78. The topological polar surface area (TPSA) is 99.1 Å². The third kappa shape index (κ3) is 6.64. The van der Waals surface area contributed by atoms with E-state index in [0.29, 0.717) is 43.9 Å². The Labute approximate surface area is 237 Å². The number of benzene rings is 3. The predicted molar refractivity (Wildman–Crippen MR) is 149 cm³/mol. The van der Waals surface area contributed by atoms with Crippen molar-refractivity contribution in [3.05, 3.63) is 101 Å². The Morgan fingerprint density at radius 2 is 1.63 bits per heavy atom. The van der Waals surface area contributed by atoms with E-state index in [1.165, 1.54) is 24.3 Å². The summed E-state index contributed by atoms with van der Waals surface area (Å²) in [5.74, 6) is -2.04. The number of carbonyl (C=O) groups excluding carboxylic acids is 1. The summed E-state index contributed by atoms with van der Waals surface area (Å²) in [5.41, 5.74) is 2.80. The minimum absolute atomic E-state index is 0.0362. The number of aliphatic hydroxyl groups is 1. The van der Waals surface area contributed by atoms with Crippen LogP contribution in [0.1, 0.15) is 54.5 Å². The molecule has 7 nitrogen and oxygen atoms in total. The molecular weight excluding hydrogens is 530 g/mol. The lowest BCUT2D eigenvalue weighted by Crippen LogP contribution is -2.61. The maximum Gasteiger partial charge on any atom is 0.305 e. The van der Waals surface area contributed by atoms with Gasteiger partial charge in [0.2, 0.25) is 5.91 Å². The number of nitrogens with one attached hydrogen (secondary N) is 1. The van der Waals surface area contributed by atoms with Crippen LogP contribution in [0.15, 0.2) is 72.8 Å². The maximum atomic E-state index is 13.6. The third-order valence-electron chi connectivity index (χ3n) is 8.03. The number of aryl methyl sites for hydroxylation is 1. The number of carbonyl (C=O) groups is 2. The fourth-order valence-corrected chi connectivity index (χ4v) is 5.72. The first-order valence-electron chi connectivity index (χ1n) is 13.9. The van der Waals surface area contributed by atoms with Crippen molar-refractivity contribution < 1.29 is 33.3 Å². The number of halogens is 2. The number of β-lactam (4-membered cyclic amide) rings is 1. The first-order valence-corrected chi connectivity index (χ1v) is 13.9. The van der Waals surface area contributed by atoms with Gasteiger partial charge in [0.1, 0.15) is 11.6 Å². The Kier molecular flexibility index (Phi) is 8.77. The summed E-state index contributed by atoms with van der Waals surface area (Å²) < 4.78 is 32.1. The SMILES string of the molecule is O=C(O)CC1(NCCCc2ccc(C3[C@@H](CCC(O)c4ccc(F)cc4)C(=O)N3c3ccc(F)cc3)cc2)COC1. The summed E-state index contributed by atoms with van der Waals surface area (Å²) in [5, 5.41) is 23.1. The number of anilines is 1. The number of rotatable bonds is 13. The van der Waals surface area contributed by atoms with E-state index in [1.54, 1.807) is 29.2 Å². The van der Waals surface area contributed by atoms with Gasteiger partial charge in [-0.25, -0.2) is 8.78 Å². The van der Waals surface area contributed by atoms with E-state index in [1.807, 2.05) is 24.3 Å². The van der Waals surface area contributed by atoms with Gasteiger partial charge in [0.05, 0.1) is 43.2 Å². The van der Waals surface area contributed by atoms with Crippen LogP contribution >= 0.6 is 0 Å². The molecule has 2 unspecified atom stereocenters. The number of carboxylic acid groups (broad SMARTS) is 1. The fraction of sp³-hybridized carbons (Fsp3) is 0.375. The standard InChI is InChI=1S/C32H34F2N2O5/c33-24-9-7-22(8-10-24)28(37)16-15-27-30(36(31(27)40)26-13-11-25(34)12-14-26)23-5-3-21(4-6-23)2-1-17-35-32(18-29(38)39)19-41-20-32/h3-14,27-28,30,35,37H,1-2,15-20H2,(H,38,39)/t27-,28?,30?/m1/s1. The average molecular weight is 565 g/mol. The summed E-state index contributed by atoms with van der Waals surface area (Å²) in [6.07, 6.45) is 1.63. The van der Waals surface area contributed by atoms with Crippen molar-refractivity contribution in [1.82, 2.24) is 5.32 Å². The van der Waals surface area contributed by atoms with Gasteiger partial charge in [-0.3, -0.25) is 9.59 Å². The summed E-state index contributed by atoms with van der Waals surface area (Å²) in [4.78, 5) is 26.1. The summed E-state index contributed by atoms with van der Waals surface area (Å²) >= 11 is 0. The zero-order chi connectivity index (χ0) is 29.0. The van der Waals surface area contributed by atoms with Crippen LogP contribution in [-0.2, 0) is 20.7 Å². The van der Waals surface area contributed by atoms with Crippen LogP contribution < -0.4 is 10.2 Å². The molecule has 1 amide bonds. The molecule has 0 bridgehead atoms. The number of aliphatic hydroxyl groups excluding tert-OH is 1. The average Bonchev–Trinajstić information content (AvgIpc) is 2.94. The highest BCUT2D eigenvalue weighted by atomic mass is 19.1. The monoisotopic (exact) mass is 564 g/mol. The van der Waals surface area contributed by atoms with E-state index in [4.69, 9.17) is 9.84 Å². The maximum absolute atomic E-state index is 13.6. The molecule has 0 spiro atoms. The van der Waals surface area contributed by atoms with E-state index in [2.05, 4.69) is 5.32 Å². The second-order valence-corrected chi connectivity index (χ2v) is 11.0. The zero-order valence-corrected chi connectivity index (χ0v) is 22.6. The van der Waals surface area contributed by atoms with E-state index < -0.39 is 17.6 Å². The molecule has 2 heterocycles. The molecule has 0 radical (unpaired) electrons. The van der Waals surface area contributed by atoms with Crippen molar-refractivity contribution >= 4 is 17.6 Å². The Bertz CT molecular complexity index is 1340.